The monoisotopic (exact) mass is 396 g/mol. The van der Waals surface area contributed by atoms with Crippen LogP contribution in [0.1, 0.15) is 6.42 Å². The number of hydrogen-bond acceptors (Lipinski definition) is 5. The lowest BCUT2D eigenvalue weighted by Crippen LogP contribution is -3.19. The van der Waals surface area contributed by atoms with Crippen LogP contribution in [0.4, 0.5) is 11.4 Å². The first-order valence-electron chi connectivity index (χ1n) is 9.85. The van der Waals surface area contributed by atoms with E-state index in [0.717, 1.165) is 26.2 Å². The van der Waals surface area contributed by atoms with Crippen LogP contribution >= 0.6 is 0 Å². The first-order chi connectivity index (χ1) is 14.1. The third kappa shape index (κ3) is 3.65. The second kappa shape index (κ2) is 8.13. The molecule has 7 heteroatoms. The highest BCUT2D eigenvalue weighted by Gasteiger charge is 2.46. The first kappa shape index (κ1) is 19.3. The van der Waals surface area contributed by atoms with Crippen molar-refractivity contribution in [1.29, 1.82) is 0 Å². The Morgan fingerprint density at radius 3 is 2.24 bits per heavy atom. The Bertz CT molecular complexity index is 894. The average Bonchev–Trinajstić information content (AvgIpc) is 3.07. The summed E-state index contributed by atoms with van der Waals surface area (Å²) >= 11 is 0. The number of methoxy groups -OCH3 is 2. The number of hydrogen-bond donors (Lipinski definition) is 1. The molecular formula is C22H26N3O4+. The number of amides is 2. The summed E-state index contributed by atoms with van der Waals surface area (Å²) in [6.45, 7) is 3.40. The molecule has 0 bridgehead atoms. The van der Waals surface area contributed by atoms with Crippen molar-refractivity contribution in [3.05, 3.63) is 48.5 Å². The van der Waals surface area contributed by atoms with E-state index in [1.54, 1.807) is 25.3 Å². The number of nitrogens with zero attached hydrogens (tertiary/aromatic N) is 2. The maximum Gasteiger partial charge on any atom is 0.292 e. The van der Waals surface area contributed by atoms with Gasteiger partial charge in [0.2, 0.25) is 5.91 Å². The number of imide groups is 1. The molecule has 2 aromatic rings. The normalized spacial score (nSPS) is 20.3. The number of carbonyl (C=O) groups is 2. The van der Waals surface area contributed by atoms with Gasteiger partial charge in [-0.15, -0.1) is 0 Å². The van der Waals surface area contributed by atoms with Crippen LogP contribution in [0, 0.1) is 0 Å². The minimum Gasteiger partial charge on any atom is -0.493 e. The van der Waals surface area contributed by atoms with Crippen molar-refractivity contribution in [1.82, 2.24) is 0 Å². The van der Waals surface area contributed by atoms with Gasteiger partial charge in [0.1, 0.15) is 0 Å². The largest absolute Gasteiger partial charge is 0.493 e. The molecule has 0 aliphatic carbocycles. The molecule has 0 spiro atoms. The number of nitrogens with one attached hydrogen (secondary N) is 1. The highest BCUT2D eigenvalue weighted by atomic mass is 16.5. The molecule has 2 amide bonds. The van der Waals surface area contributed by atoms with Crippen molar-refractivity contribution in [2.45, 2.75) is 12.5 Å². The molecule has 0 radical (unpaired) electrons. The fourth-order valence-corrected chi connectivity index (χ4v) is 4.23. The number of piperazine rings is 1. The molecular weight excluding hydrogens is 370 g/mol. The Labute approximate surface area is 170 Å². The number of benzene rings is 2. The molecule has 0 saturated carbocycles. The molecule has 29 heavy (non-hydrogen) atoms. The van der Waals surface area contributed by atoms with Crippen LogP contribution in [0.3, 0.4) is 0 Å². The van der Waals surface area contributed by atoms with Gasteiger partial charge in [-0.1, -0.05) is 18.2 Å². The van der Waals surface area contributed by atoms with Crippen LogP contribution in [-0.4, -0.2) is 58.3 Å². The summed E-state index contributed by atoms with van der Waals surface area (Å²) in [7, 11) is 3.09. The van der Waals surface area contributed by atoms with Gasteiger partial charge in [0.25, 0.3) is 5.91 Å². The first-order valence-corrected chi connectivity index (χ1v) is 9.85. The number of carbonyl (C=O) groups excluding carboxylic acids is 2. The molecule has 152 valence electrons. The smallest absolute Gasteiger partial charge is 0.292 e. The summed E-state index contributed by atoms with van der Waals surface area (Å²) in [6, 6.07) is 15.1. The summed E-state index contributed by atoms with van der Waals surface area (Å²) in [5.74, 6) is 0.767. The van der Waals surface area contributed by atoms with Crippen LogP contribution in [0.15, 0.2) is 48.5 Å². The van der Waals surface area contributed by atoms with E-state index in [2.05, 4.69) is 17.0 Å². The second-order valence-corrected chi connectivity index (χ2v) is 7.34. The van der Waals surface area contributed by atoms with Gasteiger partial charge in [0, 0.05) is 11.8 Å². The van der Waals surface area contributed by atoms with Gasteiger partial charge in [-0.25, -0.2) is 4.90 Å². The van der Waals surface area contributed by atoms with Crippen molar-refractivity contribution < 1.29 is 24.0 Å². The molecule has 2 heterocycles. The minimum atomic E-state index is -0.325. The second-order valence-electron chi connectivity index (χ2n) is 7.34. The van der Waals surface area contributed by atoms with Crippen molar-refractivity contribution in [3.8, 4) is 11.5 Å². The molecule has 1 N–H and O–H groups in total. The van der Waals surface area contributed by atoms with Crippen molar-refractivity contribution >= 4 is 23.2 Å². The van der Waals surface area contributed by atoms with Gasteiger partial charge in [0.05, 0.1) is 52.5 Å². The summed E-state index contributed by atoms with van der Waals surface area (Å²) < 4.78 is 10.6. The van der Waals surface area contributed by atoms with Crippen LogP contribution in [0.5, 0.6) is 11.5 Å². The molecule has 2 saturated heterocycles. The Hall–Kier alpha value is -3.06. The van der Waals surface area contributed by atoms with E-state index in [4.69, 9.17) is 9.47 Å². The Balaban J connectivity index is 1.46. The van der Waals surface area contributed by atoms with Gasteiger partial charge in [-0.3, -0.25) is 9.59 Å². The van der Waals surface area contributed by atoms with Crippen LogP contribution < -0.4 is 24.2 Å². The fourth-order valence-electron chi connectivity index (χ4n) is 4.23. The Morgan fingerprint density at radius 2 is 1.59 bits per heavy atom. The predicted molar refractivity (Wildman–Crippen MR) is 110 cm³/mol. The van der Waals surface area contributed by atoms with Gasteiger partial charge >= 0.3 is 0 Å². The number of rotatable bonds is 5. The van der Waals surface area contributed by atoms with E-state index in [-0.39, 0.29) is 24.3 Å². The summed E-state index contributed by atoms with van der Waals surface area (Å²) in [5, 5.41) is 0. The van der Waals surface area contributed by atoms with E-state index in [0.29, 0.717) is 17.2 Å². The molecule has 2 aromatic carbocycles. The number of ether oxygens (including phenoxy) is 2. The molecule has 0 unspecified atom stereocenters. The zero-order valence-corrected chi connectivity index (χ0v) is 16.8. The molecule has 7 nitrogen and oxygen atoms in total. The third-order valence-electron chi connectivity index (χ3n) is 5.79. The number of anilines is 2. The number of para-hydroxylation sites is 1. The zero-order chi connectivity index (χ0) is 20.4. The lowest BCUT2D eigenvalue weighted by Gasteiger charge is -2.35. The van der Waals surface area contributed by atoms with E-state index in [1.807, 2.05) is 18.2 Å². The number of quaternary nitrogens is 1. The molecule has 0 aromatic heterocycles. The van der Waals surface area contributed by atoms with Crippen LogP contribution in [0.25, 0.3) is 0 Å². The minimum absolute atomic E-state index is 0.134. The van der Waals surface area contributed by atoms with Gasteiger partial charge < -0.3 is 19.3 Å². The van der Waals surface area contributed by atoms with E-state index in [1.165, 1.54) is 22.6 Å². The van der Waals surface area contributed by atoms with Crippen molar-refractivity contribution in [2.24, 2.45) is 0 Å². The van der Waals surface area contributed by atoms with Crippen molar-refractivity contribution in [2.75, 3.05) is 50.2 Å². The molecule has 4 rings (SSSR count). The molecule has 1 atom stereocenters. The lowest BCUT2D eigenvalue weighted by atomic mass is 10.1. The van der Waals surface area contributed by atoms with E-state index >= 15 is 0 Å². The van der Waals surface area contributed by atoms with Gasteiger partial charge in [-0.05, 0) is 24.3 Å². The highest BCUT2D eigenvalue weighted by Crippen LogP contribution is 2.33. The van der Waals surface area contributed by atoms with Crippen molar-refractivity contribution in [3.63, 3.8) is 0 Å². The summed E-state index contributed by atoms with van der Waals surface area (Å²) in [5.41, 5.74) is 1.73. The molecule has 2 fully saturated rings. The maximum atomic E-state index is 13.1. The molecule has 2 aliphatic rings. The summed E-state index contributed by atoms with van der Waals surface area (Å²) in [4.78, 5) is 30.6. The molecule has 2 aliphatic heterocycles. The zero-order valence-electron chi connectivity index (χ0n) is 16.8. The van der Waals surface area contributed by atoms with E-state index in [9.17, 15) is 9.59 Å². The summed E-state index contributed by atoms with van der Waals surface area (Å²) in [6.07, 6.45) is 0.244. The average molecular weight is 396 g/mol. The Morgan fingerprint density at radius 1 is 0.897 bits per heavy atom. The van der Waals surface area contributed by atoms with Gasteiger partial charge in [0.15, 0.2) is 17.5 Å². The third-order valence-corrected chi connectivity index (χ3v) is 5.79. The van der Waals surface area contributed by atoms with Crippen LogP contribution in [0.2, 0.25) is 0 Å². The standard InChI is InChI=1S/C22H25N3O4/c1-28-19-9-8-17(14-20(19)29-2)25-21(26)15-18(22(25)27)24-12-10-23(11-13-24)16-6-4-3-5-7-16/h3-9,14,18H,10-13,15H2,1-2H3/p+1/t18-/m0/s1. The predicted octanol–water partition coefficient (Wildman–Crippen LogP) is 0.741. The SMILES string of the molecule is COc1ccc(N2C(=O)C[C@H]([NH+]3CCN(c4ccccc4)CC3)C2=O)cc1OC. The van der Waals surface area contributed by atoms with E-state index < -0.39 is 0 Å². The van der Waals surface area contributed by atoms with Crippen LogP contribution in [-0.2, 0) is 9.59 Å². The topological polar surface area (TPSA) is 63.5 Å². The Kier molecular flexibility index (Phi) is 5.40. The highest BCUT2D eigenvalue weighted by molar-refractivity contribution is 6.22. The quantitative estimate of drug-likeness (QED) is 0.756. The lowest BCUT2D eigenvalue weighted by molar-refractivity contribution is -0.915. The maximum absolute atomic E-state index is 13.1. The van der Waals surface area contributed by atoms with Gasteiger partial charge in [-0.2, -0.15) is 0 Å². The fraction of sp³-hybridized carbons (Fsp3) is 0.364.